The summed E-state index contributed by atoms with van der Waals surface area (Å²) >= 11 is 0. The molecular formula is C13H29N3O2S. The fraction of sp³-hybridized carbons (Fsp3) is 1.00. The van der Waals surface area contributed by atoms with E-state index in [0.717, 1.165) is 38.8 Å². The third-order valence-corrected chi connectivity index (χ3v) is 5.53. The Morgan fingerprint density at radius 2 is 1.89 bits per heavy atom. The topological polar surface area (TPSA) is 61.4 Å². The van der Waals surface area contributed by atoms with Crippen LogP contribution in [0.25, 0.3) is 0 Å². The Kier molecular flexibility index (Phi) is 6.73. The molecule has 0 aliphatic heterocycles. The van der Waals surface area contributed by atoms with E-state index in [9.17, 15) is 8.42 Å². The van der Waals surface area contributed by atoms with Gasteiger partial charge in [-0.1, -0.05) is 6.92 Å². The first kappa shape index (κ1) is 16.9. The number of unbranched alkanes of at least 4 members (excludes halogenated alkanes) is 1. The molecule has 0 aromatic carbocycles. The van der Waals surface area contributed by atoms with Gasteiger partial charge in [-0.2, -0.15) is 0 Å². The van der Waals surface area contributed by atoms with E-state index in [1.807, 2.05) is 14.1 Å². The van der Waals surface area contributed by atoms with Gasteiger partial charge in [-0.25, -0.2) is 13.1 Å². The monoisotopic (exact) mass is 291 g/mol. The maximum absolute atomic E-state index is 11.9. The van der Waals surface area contributed by atoms with Gasteiger partial charge in [0, 0.05) is 12.1 Å². The van der Waals surface area contributed by atoms with Crippen molar-refractivity contribution >= 4 is 10.0 Å². The predicted molar refractivity (Wildman–Crippen MR) is 79.8 cm³/mol. The highest BCUT2D eigenvalue weighted by atomic mass is 32.2. The minimum atomic E-state index is -3.12. The van der Waals surface area contributed by atoms with Crippen LogP contribution in [-0.2, 0) is 10.0 Å². The average molecular weight is 291 g/mol. The van der Waals surface area contributed by atoms with Crippen LogP contribution < -0.4 is 10.0 Å². The minimum Gasteiger partial charge on any atom is -0.317 e. The van der Waals surface area contributed by atoms with Crippen molar-refractivity contribution in [2.45, 2.75) is 44.6 Å². The Labute approximate surface area is 118 Å². The summed E-state index contributed by atoms with van der Waals surface area (Å²) in [6.45, 7) is 4.44. The maximum atomic E-state index is 11.9. The third kappa shape index (κ3) is 5.38. The van der Waals surface area contributed by atoms with Gasteiger partial charge in [-0.15, -0.1) is 0 Å². The predicted octanol–water partition coefficient (Wildman–Crippen LogP) is 0.780. The Morgan fingerprint density at radius 3 is 2.37 bits per heavy atom. The van der Waals surface area contributed by atoms with Crippen LogP contribution in [0.15, 0.2) is 0 Å². The molecule has 1 aliphatic rings. The van der Waals surface area contributed by atoms with Crippen LogP contribution in [0.1, 0.15) is 39.0 Å². The lowest BCUT2D eigenvalue weighted by Crippen LogP contribution is -2.57. The standard InChI is InChI=1S/C13H29N3O2S/c1-4-14-10-5-6-11-19(17,18)15-12-13(16(2)3)8-7-9-13/h14-15H,4-12H2,1-3H3. The fourth-order valence-electron chi connectivity index (χ4n) is 2.40. The zero-order valence-electron chi connectivity index (χ0n) is 12.5. The van der Waals surface area contributed by atoms with Crippen LogP contribution in [0.3, 0.4) is 0 Å². The van der Waals surface area contributed by atoms with E-state index in [0.29, 0.717) is 6.54 Å². The highest BCUT2D eigenvalue weighted by Gasteiger charge is 2.39. The van der Waals surface area contributed by atoms with Crippen LogP contribution >= 0.6 is 0 Å². The number of likely N-dealkylation sites (N-methyl/N-ethyl adjacent to an activating group) is 1. The summed E-state index contributed by atoms with van der Waals surface area (Å²) in [5.74, 6) is 0.238. The van der Waals surface area contributed by atoms with Crippen molar-refractivity contribution in [3.8, 4) is 0 Å². The first-order valence-electron chi connectivity index (χ1n) is 7.27. The number of hydrogen-bond acceptors (Lipinski definition) is 4. The second kappa shape index (κ2) is 7.57. The van der Waals surface area contributed by atoms with Crippen molar-refractivity contribution in [3.63, 3.8) is 0 Å². The van der Waals surface area contributed by atoms with Crippen molar-refractivity contribution in [1.82, 2.24) is 14.9 Å². The molecule has 0 saturated heterocycles. The summed E-state index contributed by atoms with van der Waals surface area (Å²) in [5, 5.41) is 3.20. The molecule has 0 aromatic heterocycles. The average Bonchev–Trinajstić information content (AvgIpc) is 2.26. The minimum absolute atomic E-state index is 0.0524. The lowest BCUT2D eigenvalue weighted by atomic mass is 9.76. The molecule has 6 heteroatoms. The van der Waals surface area contributed by atoms with Gasteiger partial charge < -0.3 is 10.2 Å². The molecule has 114 valence electrons. The maximum Gasteiger partial charge on any atom is 0.211 e. The molecular weight excluding hydrogens is 262 g/mol. The van der Waals surface area contributed by atoms with Crippen LogP contribution in [0, 0.1) is 0 Å². The molecule has 0 bridgehead atoms. The summed E-state index contributed by atoms with van der Waals surface area (Å²) in [5.41, 5.74) is 0.0524. The van der Waals surface area contributed by atoms with Crippen molar-refractivity contribution in [2.24, 2.45) is 0 Å². The Balaban J connectivity index is 2.26. The van der Waals surface area contributed by atoms with Gasteiger partial charge in [-0.05, 0) is 59.3 Å². The van der Waals surface area contributed by atoms with Crippen LogP contribution in [0.2, 0.25) is 0 Å². The normalized spacial score (nSPS) is 18.5. The number of sulfonamides is 1. The third-order valence-electron chi connectivity index (χ3n) is 4.12. The van der Waals surface area contributed by atoms with E-state index < -0.39 is 10.0 Å². The summed E-state index contributed by atoms with van der Waals surface area (Å²) in [7, 11) is 0.947. The van der Waals surface area contributed by atoms with Gasteiger partial charge in [0.25, 0.3) is 0 Å². The van der Waals surface area contributed by atoms with Gasteiger partial charge in [0.15, 0.2) is 0 Å². The van der Waals surface area contributed by atoms with E-state index >= 15 is 0 Å². The van der Waals surface area contributed by atoms with Gasteiger partial charge in [0.2, 0.25) is 10.0 Å². The Bertz CT molecular complexity index is 351. The zero-order chi connectivity index (χ0) is 14.4. The number of hydrogen-bond donors (Lipinski definition) is 2. The van der Waals surface area contributed by atoms with Crippen molar-refractivity contribution in [3.05, 3.63) is 0 Å². The second-order valence-electron chi connectivity index (χ2n) is 5.67. The van der Waals surface area contributed by atoms with E-state index in [-0.39, 0.29) is 11.3 Å². The van der Waals surface area contributed by atoms with Crippen LogP contribution in [0.5, 0.6) is 0 Å². The molecule has 5 nitrogen and oxygen atoms in total. The molecule has 1 aliphatic carbocycles. The summed E-state index contributed by atoms with van der Waals surface area (Å²) in [6, 6.07) is 0. The van der Waals surface area contributed by atoms with E-state index in [2.05, 4.69) is 21.9 Å². The SMILES string of the molecule is CCNCCCCS(=O)(=O)NCC1(N(C)C)CCC1. The molecule has 0 atom stereocenters. The van der Waals surface area contributed by atoms with E-state index in [4.69, 9.17) is 0 Å². The summed E-state index contributed by atoms with van der Waals surface area (Å²) in [6.07, 6.45) is 5.00. The van der Waals surface area contributed by atoms with E-state index in [1.165, 1.54) is 6.42 Å². The Morgan fingerprint density at radius 1 is 1.21 bits per heavy atom. The van der Waals surface area contributed by atoms with Gasteiger partial charge in [-0.3, -0.25) is 0 Å². The number of nitrogens with one attached hydrogen (secondary N) is 2. The lowest BCUT2D eigenvalue weighted by molar-refractivity contribution is 0.0657. The second-order valence-corrected chi connectivity index (χ2v) is 7.60. The molecule has 0 radical (unpaired) electrons. The molecule has 0 heterocycles. The van der Waals surface area contributed by atoms with Gasteiger partial charge in [0.05, 0.1) is 5.75 Å². The summed E-state index contributed by atoms with van der Waals surface area (Å²) in [4.78, 5) is 2.16. The van der Waals surface area contributed by atoms with Gasteiger partial charge in [0.1, 0.15) is 0 Å². The Hall–Kier alpha value is -0.170. The first-order valence-corrected chi connectivity index (χ1v) is 8.92. The quantitative estimate of drug-likeness (QED) is 0.584. The van der Waals surface area contributed by atoms with Crippen molar-refractivity contribution in [1.29, 1.82) is 0 Å². The molecule has 0 spiro atoms. The van der Waals surface area contributed by atoms with Gasteiger partial charge >= 0.3 is 0 Å². The molecule has 1 rings (SSSR count). The number of nitrogens with zero attached hydrogens (tertiary/aromatic N) is 1. The largest absolute Gasteiger partial charge is 0.317 e. The molecule has 19 heavy (non-hydrogen) atoms. The first-order chi connectivity index (χ1) is 8.92. The fourth-order valence-corrected chi connectivity index (χ4v) is 3.62. The lowest BCUT2D eigenvalue weighted by Gasteiger charge is -2.47. The van der Waals surface area contributed by atoms with Crippen LogP contribution in [0.4, 0.5) is 0 Å². The molecule has 1 saturated carbocycles. The molecule has 0 aromatic rings. The smallest absolute Gasteiger partial charge is 0.211 e. The zero-order valence-corrected chi connectivity index (χ0v) is 13.4. The molecule has 1 fully saturated rings. The molecule has 0 amide bonds. The van der Waals surface area contributed by atoms with Crippen LogP contribution in [-0.4, -0.2) is 58.3 Å². The highest BCUT2D eigenvalue weighted by Crippen LogP contribution is 2.35. The highest BCUT2D eigenvalue weighted by molar-refractivity contribution is 7.89. The molecule has 2 N–H and O–H groups in total. The number of rotatable bonds is 10. The van der Waals surface area contributed by atoms with Crippen molar-refractivity contribution < 1.29 is 8.42 Å². The van der Waals surface area contributed by atoms with Crippen molar-refractivity contribution in [2.75, 3.05) is 39.5 Å². The molecule has 0 unspecified atom stereocenters. The summed E-state index contributed by atoms with van der Waals surface area (Å²) < 4.78 is 26.6. The van der Waals surface area contributed by atoms with E-state index in [1.54, 1.807) is 0 Å².